The molecule has 2 nitrogen and oxygen atoms in total. The second-order valence-electron chi connectivity index (χ2n) is 7.11. The van der Waals surface area contributed by atoms with Crippen molar-refractivity contribution in [1.82, 2.24) is 0 Å². The SMILES string of the molecule is C/C1=C\C=C(\C(C)C)[C@@H](O)C/C(C)=C/CC[C@@](C)(O)/C=C/C1. The minimum atomic E-state index is -0.765. The van der Waals surface area contributed by atoms with Gasteiger partial charge in [-0.3, -0.25) is 0 Å². The molecule has 2 atom stereocenters. The fraction of sp³-hybridized carbons (Fsp3) is 0.600. The van der Waals surface area contributed by atoms with E-state index >= 15 is 0 Å². The summed E-state index contributed by atoms with van der Waals surface area (Å²) in [6.45, 7) is 10.2. The highest BCUT2D eigenvalue weighted by Crippen LogP contribution is 2.23. The molecule has 1 aliphatic carbocycles. The summed E-state index contributed by atoms with van der Waals surface area (Å²) in [6, 6.07) is 0. The highest BCUT2D eigenvalue weighted by atomic mass is 16.3. The fourth-order valence-corrected chi connectivity index (χ4v) is 2.69. The zero-order valence-electron chi connectivity index (χ0n) is 14.8. The Morgan fingerprint density at radius 2 is 1.86 bits per heavy atom. The molecule has 0 radical (unpaired) electrons. The minimum absolute atomic E-state index is 0.330. The van der Waals surface area contributed by atoms with Gasteiger partial charge in [0.15, 0.2) is 0 Å². The van der Waals surface area contributed by atoms with Gasteiger partial charge >= 0.3 is 0 Å². The Morgan fingerprint density at radius 3 is 2.50 bits per heavy atom. The standard InChI is InChI=1S/C20H32O2/c1-15(2)18-11-10-16(3)8-6-12-20(5,22)13-7-9-17(4)14-19(18)21/h6,9-12,15,19,21-22H,7-8,13-14H2,1-5H3/b12-6+,16-10+,17-9+,18-11-/t19-,20-/m0/s1. The van der Waals surface area contributed by atoms with Crippen LogP contribution in [0.3, 0.4) is 0 Å². The third kappa shape index (κ3) is 6.76. The second-order valence-corrected chi connectivity index (χ2v) is 7.11. The molecule has 0 unspecified atom stereocenters. The van der Waals surface area contributed by atoms with E-state index in [4.69, 9.17) is 0 Å². The first kappa shape index (κ1) is 18.9. The molecule has 1 rings (SSSR count). The minimum Gasteiger partial charge on any atom is -0.388 e. The lowest BCUT2D eigenvalue weighted by molar-refractivity contribution is 0.103. The maximum absolute atomic E-state index is 10.5. The summed E-state index contributed by atoms with van der Waals surface area (Å²) >= 11 is 0. The monoisotopic (exact) mass is 304 g/mol. The molecular formula is C20H32O2. The lowest BCUT2D eigenvalue weighted by Crippen LogP contribution is -2.20. The van der Waals surface area contributed by atoms with Crippen molar-refractivity contribution in [2.45, 2.75) is 72.0 Å². The zero-order chi connectivity index (χ0) is 16.8. The van der Waals surface area contributed by atoms with E-state index in [1.165, 1.54) is 11.1 Å². The number of hydrogen-bond acceptors (Lipinski definition) is 2. The van der Waals surface area contributed by atoms with Crippen LogP contribution in [0.1, 0.15) is 60.3 Å². The topological polar surface area (TPSA) is 40.5 Å². The number of allylic oxidation sites excluding steroid dienone is 5. The first-order chi connectivity index (χ1) is 10.2. The molecule has 0 aliphatic heterocycles. The summed E-state index contributed by atoms with van der Waals surface area (Å²) in [5.41, 5.74) is 2.72. The highest BCUT2D eigenvalue weighted by Gasteiger charge is 2.17. The van der Waals surface area contributed by atoms with Gasteiger partial charge in [-0.1, -0.05) is 55.4 Å². The Balaban J connectivity index is 3.08. The Hall–Kier alpha value is -1.12. The predicted molar refractivity (Wildman–Crippen MR) is 94.7 cm³/mol. The van der Waals surface area contributed by atoms with Crippen molar-refractivity contribution in [3.63, 3.8) is 0 Å². The molecule has 0 saturated heterocycles. The largest absolute Gasteiger partial charge is 0.388 e. The molecule has 0 spiro atoms. The first-order valence-corrected chi connectivity index (χ1v) is 8.32. The number of aliphatic hydroxyl groups is 2. The Kier molecular flexibility index (Phi) is 7.31. The summed E-state index contributed by atoms with van der Waals surface area (Å²) in [5, 5.41) is 20.8. The van der Waals surface area contributed by atoms with Crippen LogP contribution in [-0.2, 0) is 0 Å². The normalized spacial score (nSPS) is 37.3. The van der Waals surface area contributed by atoms with Gasteiger partial charge in [0.05, 0.1) is 11.7 Å². The van der Waals surface area contributed by atoms with Gasteiger partial charge in [0.1, 0.15) is 0 Å². The molecule has 0 saturated carbocycles. The smallest absolute Gasteiger partial charge is 0.0802 e. The Bertz CT molecular complexity index is 476. The van der Waals surface area contributed by atoms with Crippen LogP contribution in [0.25, 0.3) is 0 Å². The maximum Gasteiger partial charge on any atom is 0.0802 e. The van der Waals surface area contributed by atoms with Crippen LogP contribution in [0.4, 0.5) is 0 Å². The quantitative estimate of drug-likeness (QED) is 0.689. The van der Waals surface area contributed by atoms with Crippen molar-refractivity contribution in [1.29, 1.82) is 0 Å². The average Bonchev–Trinajstić information content (AvgIpc) is 2.36. The molecule has 1 aliphatic rings. The second kappa shape index (κ2) is 8.50. The Labute approximate surface area is 135 Å². The van der Waals surface area contributed by atoms with Crippen molar-refractivity contribution in [3.8, 4) is 0 Å². The summed E-state index contributed by atoms with van der Waals surface area (Å²) < 4.78 is 0. The van der Waals surface area contributed by atoms with Gasteiger partial charge < -0.3 is 10.2 Å². The van der Waals surface area contributed by atoms with Crippen LogP contribution in [-0.4, -0.2) is 21.9 Å². The molecule has 0 fully saturated rings. The van der Waals surface area contributed by atoms with E-state index in [9.17, 15) is 10.2 Å². The van der Waals surface area contributed by atoms with Gasteiger partial charge in [-0.2, -0.15) is 0 Å². The molecule has 0 heterocycles. The predicted octanol–water partition coefficient (Wildman–Crippen LogP) is 4.70. The van der Waals surface area contributed by atoms with Crippen molar-refractivity contribution in [3.05, 3.63) is 47.1 Å². The van der Waals surface area contributed by atoms with E-state index in [1.807, 2.05) is 19.1 Å². The summed E-state index contributed by atoms with van der Waals surface area (Å²) in [5.74, 6) is 0.330. The van der Waals surface area contributed by atoms with Gasteiger partial charge in [-0.05, 0) is 57.9 Å². The zero-order valence-corrected chi connectivity index (χ0v) is 14.8. The van der Waals surface area contributed by atoms with Gasteiger partial charge in [-0.25, -0.2) is 0 Å². The van der Waals surface area contributed by atoms with Crippen LogP contribution >= 0.6 is 0 Å². The molecule has 0 amide bonds. The van der Waals surface area contributed by atoms with Crippen molar-refractivity contribution in [2.75, 3.05) is 0 Å². The third-order valence-corrected chi connectivity index (χ3v) is 4.19. The van der Waals surface area contributed by atoms with Crippen LogP contribution < -0.4 is 0 Å². The summed E-state index contributed by atoms with van der Waals surface area (Å²) in [7, 11) is 0. The lowest BCUT2D eigenvalue weighted by Gasteiger charge is -2.20. The van der Waals surface area contributed by atoms with E-state index in [-0.39, 0.29) is 0 Å². The number of rotatable bonds is 1. The number of hydrogen-bond donors (Lipinski definition) is 2. The molecule has 2 heteroatoms. The molecule has 22 heavy (non-hydrogen) atoms. The van der Waals surface area contributed by atoms with Gasteiger partial charge in [0.2, 0.25) is 0 Å². The third-order valence-electron chi connectivity index (χ3n) is 4.19. The Morgan fingerprint density at radius 1 is 1.18 bits per heavy atom. The van der Waals surface area contributed by atoms with Crippen molar-refractivity contribution in [2.24, 2.45) is 5.92 Å². The van der Waals surface area contributed by atoms with Gasteiger partial charge in [0.25, 0.3) is 0 Å². The van der Waals surface area contributed by atoms with Crippen molar-refractivity contribution >= 4 is 0 Å². The molecular weight excluding hydrogens is 272 g/mol. The van der Waals surface area contributed by atoms with E-state index in [1.54, 1.807) is 0 Å². The summed E-state index contributed by atoms with van der Waals surface area (Å²) in [4.78, 5) is 0. The van der Waals surface area contributed by atoms with Crippen LogP contribution in [0.15, 0.2) is 47.1 Å². The summed E-state index contributed by atoms with van der Waals surface area (Å²) in [6.07, 6.45) is 12.8. The molecule has 2 N–H and O–H groups in total. The lowest BCUT2D eigenvalue weighted by atomic mass is 9.91. The molecule has 0 aromatic carbocycles. The van der Waals surface area contributed by atoms with Gasteiger partial charge in [-0.15, -0.1) is 0 Å². The highest BCUT2D eigenvalue weighted by molar-refractivity contribution is 5.24. The first-order valence-electron chi connectivity index (χ1n) is 8.32. The molecule has 0 aromatic rings. The molecule has 0 aromatic heterocycles. The van der Waals surface area contributed by atoms with Crippen LogP contribution in [0, 0.1) is 5.92 Å². The molecule has 124 valence electrons. The van der Waals surface area contributed by atoms with E-state index in [0.717, 1.165) is 18.4 Å². The van der Waals surface area contributed by atoms with E-state index < -0.39 is 11.7 Å². The van der Waals surface area contributed by atoms with E-state index in [2.05, 4.69) is 45.9 Å². The average molecular weight is 304 g/mol. The van der Waals surface area contributed by atoms with Crippen LogP contribution in [0.5, 0.6) is 0 Å². The van der Waals surface area contributed by atoms with Crippen molar-refractivity contribution < 1.29 is 10.2 Å². The maximum atomic E-state index is 10.5. The van der Waals surface area contributed by atoms with E-state index in [0.29, 0.717) is 18.8 Å². The molecule has 0 bridgehead atoms. The van der Waals surface area contributed by atoms with Crippen LogP contribution in [0.2, 0.25) is 0 Å². The fourth-order valence-electron chi connectivity index (χ4n) is 2.69. The number of aliphatic hydroxyl groups excluding tert-OH is 1. The van der Waals surface area contributed by atoms with Gasteiger partial charge in [0, 0.05) is 0 Å².